The highest BCUT2D eigenvalue weighted by Gasteiger charge is 2.40. The lowest BCUT2D eigenvalue weighted by atomic mass is 9.76. The molecule has 6 heteroatoms. The second kappa shape index (κ2) is 12.5. The first kappa shape index (κ1) is 27.7. The second-order valence-electron chi connectivity index (χ2n) is 11.6. The van der Waals surface area contributed by atoms with Gasteiger partial charge in [0.25, 0.3) is 0 Å². The van der Waals surface area contributed by atoms with Crippen LogP contribution in [0.3, 0.4) is 0 Å². The second-order valence-corrected chi connectivity index (χ2v) is 11.6. The van der Waals surface area contributed by atoms with Gasteiger partial charge in [-0.05, 0) is 86.2 Å². The summed E-state index contributed by atoms with van der Waals surface area (Å²) >= 11 is 0. The number of carboxylic acid groups (broad SMARTS) is 1. The van der Waals surface area contributed by atoms with E-state index in [4.69, 9.17) is 0 Å². The molecule has 2 saturated heterocycles. The van der Waals surface area contributed by atoms with E-state index in [0.717, 1.165) is 76.8 Å². The molecule has 0 radical (unpaired) electrons. The zero-order chi connectivity index (χ0) is 26.4. The van der Waals surface area contributed by atoms with Crippen LogP contribution < -0.4 is 0 Å². The zero-order valence-electron chi connectivity index (χ0n) is 22.3. The summed E-state index contributed by atoms with van der Waals surface area (Å²) in [6.45, 7) is 9.16. The van der Waals surface area contributed by atoms with Crippen LogP contribution in [0.5, 0.6) is 0 Å². The molecule has 0 aliphatic carbocycles. The quantitative estimate of drug-likeness (QED) is 0.381. The average Bonchev–Trinajstić information content (AvgIpc) is 3.30. The largest absolute Gasteiger partial charge is 0.480 e. The van der Waals surface area contributed by atoms with E-state index in [1.807, 2.05) is 6.07 Å². The van der Waals surface area contributed by atoms with Crippen molar-refractivity contribution in [2.24, 2.45) is 11.3 Å². The number of aryl methyl sites for hydroxylation is 1. The Bertz CT molecular complexity index is 1020. The molecular formula is C31H42F2N2O2. The van der Waals surface area contributed by atoms with Gasteiger partial charge in [0.15, 0.2) is 11.6 Å². The fourth-order valence-electron chi connectivity index (χ4n) is 6.43. The maximum absolute atomic E-state index is 13.5. The zero-order valence-corrected chi connectivity index (χ0v) is 22.3. The summed E-state index contributed by atoms with van der Waals surface area (Å²) in [5.41, 5.74) is 2.45. The van der Waals surface area contributed by atoms with Gasteiger partial charge in [0.05, 0.1) is 0 Å². The Morgan fingerprint density at radius 2 is 1.81 bits per heavy atom. The molecular weight excluding hydrogens is 470 g/mol. The Kier molecular flexibility index (Phi) is 9.36. The number of hydrogen-bond donors (Lipinski definition) is 1. The van der Waals surface area contributed by atoms with Gasteiger partial charge >= 0.3 is 5.97 Å². The molecule has 37 heavy (non-hydrogen) atoms. The van der Waals surface area contributed by atoms with Crippen molar-refractivity contribution in [2.45, 2.75) is 70.8 Å². The number of likely N-dealkylation sites (tertiary alicyclic amines) is 2. The van der Waals surface area contributed by atoms with E-state index in [9.17, 15) is 18.7 Å². The number of rotatable bonds is 11. The van der Waals surface area contributed by atoms with Crippen molar-refractivity contribution >= 4 is 5.97 Å². The van der Waals surface area contributed by atoms with Gasteiger partial charge in [-0.15, -0.1) is 0 Å². The molecule has 2 aliphatic heterocycles. The molecule has 4 nitrogen and oxygen atoms in total. The molecule has 2 aliphatic rings. The number of benzene rings is 2. The molecule has 3 atom stereocenters. The molecule has 1 N–H and O–H groups in total. The fourth-order valence-corrected chi connectivity index (χ4v) is 6.43. The van der Waals surface area contributed by atoms with Gasteiger partial charge in [-0.1, -0.05) is 56.7 Å². The maximum Gasteiger partial charge on any atom is 0.320 e. The molecule has 2 aromatic carbocycles. The van der Waals surface area contributed by atoms with Crippen molar-refractivity contribution in [3.05, 3.63) is 71.3 Å². The molecule has 2 aromatic rings. The predicted octanol–water partition coefficient (Wildman–Crippen LogP) is 6.36. The molecule has 202 valence electrons. The van der Waals surface area contributed by atoms with Gasteiger partial charge in [-0.2, -0.15) is 0 Å². The van der Waals surface area contributed by atoms with Gasteiger partial charge in [-0.3, -0.25) is 9.69 Å². The highest BCUT2D eigenvalue weighted by Crippen LogP contribution is 2.39. The first-order valence-electron chi connectivity index (χ1n) is 14.0. The summed E-state index contributed by atoms with van der Waals surface area (Å²) in [6.07, 6.45) is 6.65. The number of halogens is 2. The van der Waals surface area contributed by atoms with Crippen molar-refractivity contribution < 1.29 is 18.7 Å². The van der Waals surface area contributed by atoms with E-state index in [-0.39, 0.29) is 5.41 Å². The van der Waals surface area contributed by atoms with Gasteiger partial charge in [0.1, 0.15) is 6.04 Å². The Hall–Kier alpha value is -2.31. The molecule has 0 aromatic heterocycles. The van der Waals surface area contributed by atoms with Crippen molar-refractivity contribution in [2.75, 3.05) is 32.7 Å². The summed E-state index contributed by atoms with van der Waals surface area (Å²) in [6, 6.07) is 14.4. The summed E-state index contributed by atoms with van der Waals surface area (Å²) in [5, 5.41) is 9.87. The standard InChI is InChI=1S/C31H42F2N2O2/c1-3-8-29(30(36)37)35-21-25(26(22-35)24-10-5-4-6-11-24)20-34-17-15-31(2,16-18-34)14-7-9-23-12-13-27(32)28(33)19-23/h4-6,10-13,19,25-26,29H,3,7-9,14-18,20-22H2,1-2H3,(H,36,37). The van der Waals surface area contributed by atoms with Crippen LogP contribution in [0.15, 0.2) is 48.5 Å². The molecule has 2 fully saturated rings. The number of carboxylic acids is 1. The number of nitrogens with zero attached hydrogens (tertiary/aromatic N) is 2. The van der Waals surface area contributed by atoms with Crippen LogP contribution in [0.4, 0.5) is 8.78 Å². The molecule has 0 saturated carbocycles. The van der Waals surface area contributed by atoms with Gasteiger partial charge in [0, 0.05) is 25.6 Å². The Labute approximate surface area is 220 Å². The first-order valence-corrected chi connectivity index (χ1v) is 14.0. The van der Waals surface area contributed by atoms with Crippen LogP contribution >= 0.6 is 0 Å². The van der Waals surface area contributed by atoms with E-state index < -0.39 is 23.6 Å². The number of hydrogen-bond acceptors (Lipinski definition) is 3. The van der Waals surface area contributed by atoms with Gasteiger partial charge in [0.2, 0.25) is 0 Å². The SMILES string of the molecule is CCCC(C(=O)O)N1CC(CN2CCC(C)(CCCc3ccc(F)c(F)c3)CC2)C(c2ccccc2)C1. The monoisotopic (exact) mass is 512 g/mol. The molecule has 2 heterocycles. The predicted molar refractivity (Wildman–Crippen MR) is 144 cm³/mol. The Morgan fingerprint density at radius 3 is 2.46 bits per heavy atom. The molecule has 4 rings (SSSR count). The summed E-state index contributed by atoms with van der Waals surface area (Å²) < 4.78 is 26.7. The molecule has 3 unspecified atom stereocenters. The van der Waals surface area contributed by atoms with Crippen molar-refractivity contribution in [1.82, 2.24) is 9.80 Å². The minimum Gasteiger partial charge on any atom is -0.480 e. The van der Waals surface area contributed by atoms with Crippen LogP contribution in [-0.4, -0.2) is 59.6 Å². The summed E-state index contributed by atoms with van der Waals surface area (Å²) in [7, 11) is 0. The van der Waals surface area contributed by atoms with Crippen LogP contribution in [0.25, 0.3) is 0 Å². The first-order chi connectivity index (χ1) is 17.8. The van der Waals surface area contributed by atoms with E-state index >= 15 is 0 Å². The third-order valence-electron chi connectivity index (χ3n) is 8.77. The number of aliphatic carboxylic acids is 1. The smallest absolute Gasteiger partial charge is 0.320 e. The lowest BCUT2D eigenvalue weighted by molar-refractivity contribution is -0.143. The van der Waals surface area contributed by atoms with Crippen LogP contribution in [-0.2, 0) is 11.2 Å². The Balaban J connectivity index is 1.33. The normalized spacial score (nSPS) is 23.2. The molecule has 0 bridgehead atoms. The number of piperidine rings is 1. The third kappa shape index (κ3) is 7.17. The third-order valence-corrected chi connectivity index (χ3v) is 8.77. The lowest BCUT2D eigenvalue weighted by Gasteiger charge is -2.41. The Morgan fingerprint density at radius 1 is 1.08 bits per heavy atom. The fraction of sp³-hybridized carbons (Fsp3) is 0.581. The molecule has 0 spiro atoms. The summed E-state index contributed by atoms with van der Waals surface area (Å²) in [5.74, 6) is -1.48. The minimum absolute atomic E-state index is 0.269. The van der Waals surface area contributed by atoms with Crippen molar-refractivity contribution in [1.29, 1.82) is 0 Å². The van der Waals surface area contributed by atoms with Gasteiger partial charge < -0.3 is 10.0 Å². The van der Waals surface area contributed by atoms with E-state index in [2.05, 4.69) is 47.9 Å². The van der Waals surface area contributed by atoms with E-state index in [1.54, 1.807) is 6.07 Å². The average molecular weight is 513 g/mol. The molecule has 0 amide bonds. The van der Waals surface area contributed by atoms with Crippen LogP contribution in [0.2, 0.25) is 0 Å². The maximum atomic E-state index is 13.5. The topological polar surface area (TPSA) is 43.8 Å². The van der Waals surface area contributed by atoms with Crippen LogP contribution in [0, 0.1) is 23.0 Å². The number of carbonyl (C=O) groups is 1. The minimum atomic E-state index is -0.785. The lowest BCUT2D eigenvalue weighted by Crippen LogP contribution is -2.43. The van der Waals surface area contributed by atoms with E-state index in [0.29, 0.717) is 18.3 Å². The summed E-state index contributed by atoms with van der Waals surface area (Å²) in [4.78, 5) is 16.8. The van der Waals surface area contributed by atoms with E-state index in [1.165, 1.54) is 17.7 Å². The highest BCUT2D eigenvalue weighted by atomic mass is 19.2. The van der Waals surface area contributed by atoms with Gasteiger partial charge in [-0.25, -0.2) is 8.78 Å². The van der Waals surface area contributed by atoms with Crippen LogP contribution in [0.1, 0.15) is 69.4 Å². The highest BCUT2D eigenvalue weighted by molar-refractivity contribution is 5.73. The van der Waals surface area contributed by atoms with Crippen molar-refractivity contribution in [3.8, 4) is 0 Å². The van der Waals surface area contributed by atoms with Crippen molar-refractivity contribution in [3.63, 3.8) is 0 Å².